The normalized spacial score (nSPS) is 14.4. The summed E-state index contributed by atoms with van der Waals surface area (Å²) in [4.78, 5) is 28.5. The predicted molar refractivity (Wildman–Crippen MR) is 152 cm³/mol. The molecule has 4 rings (SSSR count). The van der Waals surface area contributed by atoms with Crippen molar-refractivity contribution in [1.29, 1.82) is 0 Å². The van der Waals surface area contributed by atoms with Gasteiger partial charge in [0.1, 0.15) is 6.04 Å². The maximum atomic E-state index is 13.5. The first-order chi connectivity index (χ1) is 18.3. The molecule has 3 aromatic rings. The van der Waals surface area contributed by atoms with Gasteiger partial charge < -0.3 is 10.2 Å². The quantitative estimate of drug-likeness (QED) is 0.299. The third kappa shape index (κ3) is 5.81. The molecule has 1 aliphatic rings. The third-order valence-electron chi connectivity index (χ3n) is 6.91. The zero-order valence-electron chi connectivity index (χ0n) is 21.8. The van der Waals surface area contributed by atoms with E-state index in [1.54, 1.807) is 35.2 Å². The van der Waals surface area contributed by atoms with Crippen LogP contribution in [0.15, 0.2) is 65.6 Å². The molecule has 2 amide bonds. The summed E-state index contributed by atoms with van der Waals surface area (Å²) in [5.41, 5.74) is 1.51. The van der Waals surface area contributed by atoms with Crippen LogP contribution in [-0.2, 0) is 26.2 Å². The summed E-state index contributed by atoms with van der Waals surface area (Å²) in [5.74, 6) is -0.364. The second-order valence-electron chi connectivity index (χ2n) is 9.53. The number of nitrogens with zero attached hydrogens (tertiary/aromatic N) is 2. The monoisotopic (exact) mass is 555 g/mol. The fourth-order valence-corrected chi connectivity index (χ4v) is 6.80. The van der Waals surface area contributed by atoms with Gasteiger partial charge in [-0.25, -0.2) is 8.42 Å². The Morgan fingerprint density at radius 3 is 2.39 bits per heavy atom. The Labute approximate surface area is 229 Å². The highest BCUT2D eigenvalue weighted by molar-refractivity contribution is 7.93. The van der Waals surface area contributed by atoms with Crippen LogP contribution in [0.25, 0.3) is 10.8 Å². The molecular weight excluding hydrogens is 522 g/mol. The van der Waals surface area contributed by atoms with Gasteiger partial charge in [-0.15, -0.1) is 0 Å². The summed E-state index contributed by atoms with van der Waals surface area (Å²) in [7, 11) is -3.68. The molecule has 0 fully saturated rings. The lowest BCUT2D eigenvalue weighted by Crippen LogP contribution is -2.49. The number of halogens is 1. The minimum absolute atomic E-state index is 0.116. The predicted octanol–water partition coefficient (Wildman–Crippen LogP) is 5.51. The number of carbonyl (C=O) groups excluding carboxylic acids is 2. The lowest BCUT2D eigenvalue weighted by molar-refractivity contribution is -0.141. The number of sulfonamides is 1. The van der Waals surface area contributed by atoms with Crippen molar-refractivity contribution in [2.75, 3.05) is 17.4 Å². The van der Waals surface area contributed by atoms with Crippen LogP contribution >= 0.6 is 11.6 Å². The second kappa shape index (κ2) is 12.2. The van der Waals surface area contributed by atoms with Crippen LogP contribution in [-0.4, -0.2) is 44.3 Å². The summed E-state index contributed by atoms with van der Waals surface area (Å²) in [6.07, 6.45) is 2.74. The molecule has 0 spiro atoms. The molecular formula is C29H34ClN3O4S. The summed E-state index contributed by atoms with van der Waals surface area (Å²) in [6.45, 7) is 4.95. The zero-order valence-corrected chi connectivity index (χ0v) is 23.4. The third-order valence-corrected chi connectivity index (χ3v) is 9.02. The van der Waals surface area contributed by atoms with E-state index in [0.717, 1.165) is 29.2 Å². The number of benzene rings is 3. The van der Waals surface area contributed by atoms with E-state index >= 15 is 0 Å². The molecule has 0 saturated carbocycles. The largest absolute Gasteiger partial charge is 0.354 e. The highest BCUT2D eigenvalue weighted by Crippen LogP contribution is 2.42. The molecule has 38 heavy (non-hydrogen) atoms. The summed E-state index contributed by atoms with van der Waals surface area (Å²) in [6, 6.07) is 17.4. The van der Waals surface area contributed by atoms with Gasteiger partial charge >= 0.3 is 0 Å². The first-order valence-electron chi connectivity index (χ1n) is 13.1. The van der Waals surface area contributed by atoms with Gasteiger partial charge in [0, 0.05) is 36.5 Å². The summed E-state index contributed by atoms with van der Waals surface area (Å²) in [5, 5.41) is 5.15. The Kier molecular flexibility index (Phi) is 8.95. The first-order valence-corrected chi connectivity index (χ1v) is 15.0. The van der Waals surface area contributed by atoms with Gasteiger partial charge in [-0.05, 0) is 54.5 Å². The average Bonchev–Trinajstić information content (AvgIpc) is 3.13. The number of unbranched alkanes of at least 4 members (excludes halogenated alkanes) is 1. The number of amides is 2. The molecule has 0 aliphatic carbocycles. The van der Waals surface area contributed by atoms with Gasteiger partial charge in [0.05, 0.1) is 10.6 Å². The van der Waals surface area contributed by atoms with Crippen LogP contribution in [0.1, 0.15) is 51.5 Å². The van der Waals surface area contributed by atoms with Crippen molar-refractivity contribution >= 4 is 49.9 Å². The Morgan fingerprint density at radius 1 is 1.00 bits per heavy atom. The SMILES string of the molecule is CCCCNC(=O)C(CC)N(Cc1ccc(Cl)cc1)C(=O)CCCN1c2cccc3cccc(c23)S1(=O)=O. The lowest BCUT2D eigenvalue weighted by atomic mass is 10.1. The van der Waals surface area contributed by atoms with Crippen molar-refractivity contribution in [3.63, 3.8) is 0 Å². The molecule has 0 aromatic heterocycles. The minimum Gasteiger partial charge on any atom is -0.354 e. The number of hydrogen-bond acceptors (Lipinski definition) is 4. The highest BCUT2D eigenvalue weighted by atomic mass is 35.5. The minimum atomic E-state index is -3.68. The van der Waals surface area contributed by atoms with E-state index in [-0.39, 0.29) is 31.3 Å². The second-order valence-corrected chi connectivity index (χ2v) is 11.8. The standard InChI is InChI=1S/C29H34ClN3O4S/c1-3-5-18-31-29(35)24(4-2)32(20-21-14-16-23(30)17-15-21)27(34)13-8-19-33-25-11-6-9-22-10-7-12-26(28(22)25)38(33,36)37/h6-7,9-12,14-17,24H,3-5,8,13,18-20H2,1-2H3,(H,31,35). The number of carbonyl (C=O) groups is 2. The smallest absolute Gasteiger partial charge is 0.265 e. The number of rotatable bonds is 12. The molecule has 1 aliphatic heterocycles. The van der Waals surface area contributed by atoms with Crippen molar-refractivity contribution in [2.45, 2.75) is 63.4 Å². The lowest BCUT2D eigenvalue weighted by Gasteiger charge is -2.31. The van der Waals surface area contributed by atoms with Crippen molar-refractivity contribution in [2.24, 2.45) is 0 Å². The molecule has 0 radical (unpaired) electrons. The Balaban J connectivity index is 1.50. The van der Waals surface area contributed by atoms with E-state index in [0.29, 0.717) is 35.0 Å². The van der Waals surface area contributed by atoms with E-state index in [1.807, 2.05) is 37.3 Å². The van der Waals surface area contributed by atoms with Crippen LogP contribution < -0.4 is 9.62 Å². The van der Waals surface area contributed by atoms with Gasteiger partial charge in [-0.3, -0.25) is 13.9 Å². The molecule has 9 heteroatoms. The van der Waals surface area contributed by atoms with Gasteiger partial charge in [-0.2, -0.15) is 0 Å². The highest BCUT2D eigenvalue weighted by Gasteiger charge is 2.35. The van der Waals surface area contributed by atoms with Crippen molar-refractivity contribution in [3.05, 3.63) is 71.2 Å². The molecule has 3 aromatic carbocycles. The molecule has 0 bridgehead atoms. The molecule has 1 unspecified atom stereocenters. The number of anilines is 1. The summed E-state index contributed by atoms with van der Waals surface area (Å²) >= 11 is 6.04. The van der Waals surface area contributed by atoms with Crippen molar-refractivity contribution < 1.29 is 18.0 Å². The van der Waals surface area contributed by atoms with Crippen LogP contribution in [0, 0.1) is 0 Å². The fourth-order valence-electron chi connectivity index (χ4n) is 4.93. The van der Waals surface area contributed by atoms with E-state index in [4.69, 9.17) is 11.6 Å². The molecule has 1 atom stereocenters. The van der Waals surface area contributed by atoms with Crippen molar-refractivity contribution in [3.8, 4) is 0 Å². The Bertz CT molecular complexity index is 1400. The van der Waals surface area contributed by atoms with Gasteiger partial charge in [0.25, 0.3) is 10.0 Å². The topological polar surface area (TPSA) is 86.8 Å². The maximum absolute atomic E-state index is 13.5. The summed E-state index contributed by atoms with van der Waals surface area (Å²) < 4.78 is 28.0. The van der Waals surface area contributed by atoms with Crippen LogP contribution in [0.4, 0.5) is 5.69 Å². The molecule has 7 nitrogen and oxygen atoms in total. The van der Waals surface area contributed by atoms with Gasteiger partial charge in [0.15, 0.2) is 0 Å². The number of hydrogen-bond donors (Lipinski definition) is 1. The first kappa shape index (κ1) is 27.9. The molecule has 0 saturated heterocycles. The van der Waals surface area contributed by atoms with Gasteiger partial charge in [0.2, 0.25) is 11.8 Å². The van der Waals surface area contributed by atoms with Crippen LogP contribution in [0.2, 0.25) is 5.02 Å². The van der Waals surface area contributed by atoms with E-state index in [2.05, 4.69) is 12.2 Å². The van der Waals surface area contributed by atoms with Gasteiger partial charge in [-0.1, -0.05) is 68.3 Å². The Hall–Kier alpha value is -3.10. The van der Waals surface area contributed by atoms with E-state index < -0.39 is 16.1 Å². The van der Waals surface area contributed by atoms with E-state index in [9.17, 15) is 18.0 Å². The molecule has 1 N–H and O–H groups in total. The average molecular weight is 556 g/mol. The maximum Gasteiger partial charge on any atom is 0.265 e. The molecule has 202 valence electrons. The van der Waals surface area contributed by atoms with Crippen molar-refractivity contribution in [1.82, 2.24) is 10.2 Å². The fraction of sp³-hybridized carbons (Fsp3) is 0.379. The Morgan fingerprint density at radius 2 is 1.71 bits per heavy atom. The molecule has 1 heterocycles. The van der Waals surface area contributed by atoms with Crippen LogP contribution in [0.5, 0.6) is 0 Å². The zero-order chi connectivity index (χ0) is 27.3. The van der Waals surface area contributed by atoms with Crippen LogP contribution in [0.3, 0.4) is 0 Å². The van der Waals surface area contributed by atoms with E-state index in [1.165, 1.54) is 4.31 Å². The number of nitrogens with one attached hydrogen (secondary N) is 1.